The molecule has 0 saturated heterocycles. The summed E-state index contributed by atoms with van der Waals surface area (Å²) in [6, 6.07) is 13.2. The molecule has 0 heterocycles. The van der Waals surface area contributed by atoms with Crippen molar-refractivity contribution < 1.29 is 19.0 Å². The van der Waals surface area contributed by atoms with Crippen molar-refractivity contribution in [1.29, 1.82) is 0 Å². The summed E-state index contributed by atoms with van der Waals surface area (Å²) in [7, 11) is 3.19. The first-order chi connectivity index (χ1) is 12.1. The van der Waals surface area contributed by atoms with Gasteiger partial charge in [-0.1, -0.05) is 25.1 Å². The van der Waals surface area contributed by atoms with Gasteiger partial charge < -0.3 is 19.5 Å². The number of aryl methyl sites for hydroxylation is 1. The first-order valence-electron chi connectivity index (χ1n) is 8.28. The molecule has 1 N–H and O–H groups in total. The van der Waals surface area contributed by atoms with Crippen LogP contribution in [0.3, 0.4) is 0 Å². The molecule has 2 aromatic rings. The van der Waals surface area contributed by atoms with Crippen LogP contribution < -0.4 is 19.5 Å². The third-order valence-electron chi connectivity index (χ3n) is 3.91. The predicted octanol–water partition coefficient (Wildman–Crippen LogP) is 3.66. The van der Waals surface area contributed by atoms with E-state index in [1.807, 2.05) is 56.3 Å². The molecule has 0 bridgehead atoms. The average molecular weight is 343 g/mol. The Morgan fingerprint density at radius 2 is 1.84 bits per heavy atom. The molecule has 25 heavy (non-hydrogen) atoms. The zero-order chi connectivity index (χ0) is 18.2. The summed E-state index contributed by atoms with van der Waals surface area (Å²) < 4.78 is 16.1. The molecule has 0 aliphatic heterocycles. The average Bonchev–Trinajstić information content (AvgIpc) is 2.64. The molecule has 0 saturated carbocycles. The molecular formula is C20H25NO4. The molecule has 0 fully saturated rings. The molecule has 5 heteroatoms. The number of benzene rings is 2. The minimum absolute atomic E-state index is 0.0206. The monoisotopic (exact) mass is 343 g/mol. The van der Waals surface area contributed by atoms with E-state index in [1.165, 1.54) is 0 Å². The molecule has 0 unspecified atom stereocenters. The second-order valence-electron chi connectivity index (χ2n) is 5.75. The van der Waals surface area contributed by atoms with Crippen LogP contribution in [0.1, 0.15) is 30.5 Å². The lowest BCUT2D eigenvalue weighted by molar-refractivity contribution is -0.123. The first kappa shape index (κ1) is 18.6. The fraction of sp³-hybridized carbons (Fsp3) is 0.350. The summed E-state index contributed by atoms with van der Waals surface area (Å²) in [6.45, 7) is 3.98. The number of methoxy groups -OCH3 is 2. The number of rotatable bonds is 8. The van der Waals surface area contributed by atoms with Crippen LogP contribution in [-0.2, 0) is 4.79 Å². The summed E-state index contributed by atoms with van der Waals surface area (Å²) >= 11 is 0. The number of carbonyl (C=O) groups is 1. The van der Waals surface area contributed by atoms with Gasteiger partial charge in [0.15, 0.2) is 18.1 Å². The van der Waals surface area contributed by atoms with E-state index in [-0.39, 0.29) is 18.6 Å². The SMILES string of the molecule is CC[C@@H](NC(=O)COc1cccc(C)c1)c1ccc(OC)c(OC)c1. The van der Waals surface area contributed by atoms with Gasteiger partial charge in [-0.2, -0.15) is 0 Å². The Hall–Kier alpha value is -2.69. The van der Waals surface area contributed by atoms with Crippen LogP contribution in [0.5, 0.6) is 17.2 Å². The minimum Gasteiger partial charge on any atom is -0.493 e. The van der Waals surface area contributed by atoms with Gasteiger partial charge in [-0.25, -0.2) is 0 Å². The van der Waals surface area contributed by atoms with E-state index in [9.17, 15) is 4.79 Å². The van der Waals surface area contributed by atoms with Gasteiger partial charge in [0.05, 0.1) is 20.3 Å². The molecule has 0 aromatic heterocycles. The molecule has 1 amide bonds. The van der Waals surface area contributed by atoms with Gasteiger partial charge in [0.1, 0.15) is 5.75 Å². The van der Waals surface area contributed by atoms with Crippen molar-refractivity contribution in [1.82, 2.24) is 5.32 Å². The van der Waals surface area contributed by atoms with Crippen molar-refractivity contribution in [3.63, 3.8) is 0 Å². The van der Waals surface area contributed by atoms with Crippen LogP contribution >= 0.6 is 0 Å². The maximum Gasteiger partial charge on any atom is 0.258 e. The third-order valence-corrected chi connectivity index (χ3v) is 3.91. The van der Waals surface area contributed by atoms with E-state index < -0.39 is 0 Å². The van der Waals surface area contributed by atoms with E-state index in [0.29, 0.717) is 17.2 Å². The highest BCUT2D eigenvalue weighted by molar-refractivity contribution is 5.78. The van der Waals surface area contributed by atoms with E-state index in [0.717, 1.165) is 17.5 Å². The second kappa shape index (κ2) is 8.97. The molecule has 2 aromatic carbocycles. The maximum atomic E-state index is 12.2. The molecule has 0 spiro atoms. The van der Waals surface area contributed by atoms with E-state index in [1.54, 1.807) is 14.2 Å². The topological polar surface area (TPSA) is 56.8 Å². The molecule has 1 atom stereocenters. The number of nitrogens with one attached hydrogen (secondary N) is 1. The van der Waals surface area contributed by atoms with Crippen molar-refractivity contribution in [3.05, 3.63) is 53.6 Å². The van der Waals surface area contributed by atoms with Crippen LogP contribution in [0.25, 0.3) is 0 Å². The Bertz CT molecular complexity index is 715. The van der Waals surface area contributed by atoms with Gasteiger partial charge in [0.2, 0.25) is 0 Å². The summed E-state index contributed by atoms with van der Waals surface area (Å²) in [5.74, 6) is 1.83. The Labute approximate surface area is 148 Å². The summed E-state index contributed by atoms with van der Waals surface area (Å²) in [5.41, 5.74) is 2.05. The van der Waals surface area contributed by atoms with Gasteiger partial charge in [0.25, 0.3) is 5.91 Å². The molecule has 0 aliphatic rings. The summed E-state index contributed by atoms with van der Waals surface area (Å²) in [5, 5.41) is 3.00. The second-order valence-corrected chi connectivity index (χ2v) is 5.75. The lowest BCUT2D eigenvalue weighted by Gasteiger charge is -2.19. The summed E-state index contributed by atoms with van der Waals surface area (Å²) in [4.78, 5) is 12.2. The van der Waals surface area contributed by atoms with Crippen molar-refractivity contribution in [2.24, 2.45) is 0 Å². The molecular weight excluding hydrogens is 318 g/mol. The fourth-order valence-electron chi connectivity index (χ4n) is 2.58. The zero-order valence-electron chi connectivity index (χ0n) is 15.2. The van der Waals surface area contributed by atoms with E-state index in [2.05, 4.69) is 5.32 Å². The lowest BCUT2D eigenvalue weighted by Crippen LogP contribution is -2.32. The lowest BCUT2D eigenvalue weighted by atomic mass is 10.0. The zero-order valence-corrected chi connectivity index (χ0v) is 15.2. The van der Waals surface area contributed by atoms with Crippen molar-refractivity contribution in [2.45, 2.75) is 26.3 Å². The highest BCUT2D eigenvalue weighted by atomic mass is 16.5. The molecule has 2 rings (SSSR count). The van der Waals surface area contributed by atoms with Crippen molar-refractivity contribution >= 4 is 5.91 Å². The Morgan fingerprint density at radius 3 is 2.48 bits per heavy atom. The Morgan fingerprint density at radius 1 is 1.08 bits per heavy atom. The van der Waals surface area contributed by atoms with E-state index in [4.69, 9.17) is 14.2 Å². The number of carbonyl (C=O) groups excluding carboxylic acids is 1. The van der Waals surface area contributed by atoms with Gasteiger partial charge in [0, 0.05) is 0 Å². The van der Waals surface area contributed by atoms with Crippen molar-refractivity contribution in [2.75, 3.05) is 20.8 Å². The largest absolute Gasteiger partial charge is 0.493 e. The van der Waals surface area contributed by atoms with Crippen LogP contribution in [0.4, 0.5) is 0 Å². The number of hydrogen-bond acceptors (Lipinski definition) is 4. The Kier molecular flexibility index (Phi) is 6.69. The first-order valence-corrected chi connectivity index (χ1v) is 8.28. The number of amides is 1. The molecule has 5 nitrogen and oxygen atoms in total. The normalized spacial score (nSPS) is 11.5. The predicted molar refractivity (Wildman–Crippen MR) is 97.4 cm³/mol. The van der Waals surface area contributed by atoms with Crippen LogP contribution in [0.2, 0.25) is 0 Å². The molecule has 134 valence electrons. The highest BCUT2D eigenvalue weighted by Crippen LogP contribution is 2.30. The third kappa shape index (κ3) is 5.14. The standard InChI is InChI=1S/C20H25NO4/c1-5-17(15-9-10-18(23-3)19(12-15)24-4)21-20(22)13-25-16-8-6-7-14(2)11-16/h6-12,17H,5,13H2,1-4H3,(H,21,22)/t17-/m1/s1. The highest BCUT2D eigenvalue weighted by Gasteiger charge is 2.15. The van der Waals surface area contributed by atoms with Gasteiger partial charge in [-0.15, -0.1) is 0 Å². The van der Waals surface area contributed by atoms with Crippen LogP contribution in [0, 0.1) is 6.92 Å². The van der Waals surface area contributed by atoms with Crippen LogP contribution in [0.15, 0.2) is 42.5 Å². The number of hydrogen-bond donors (Lipinski definition) is 1. The maximum absolute atomic E-state index is 12.2. The smallest absolute Gasteiger partial charge is 0.258 e. The minimum atomic E-state index is -0.164. The quantitative estimate of drug-likeness (QED) is 0.795. The van der Waals surface area contributed by atoms with E-state index >= 15 is 0 Å². The molecule has 0 aliphatic carbocycles. The fourth-order valence-corrected chi connectivity index (χ4v) is 2.58. The summed E-state index contributed by atoms with van der Waals surface area (Å²) in [6.07, 6.45) is 0.756. The van der Waals surface area contributed by atoms with Gasteiger partial charge in [-0.05, 0) is 48.7 Å². The molecule has 0 radical (unpaired) electrons. The van der Waals surface area contributed by atoms with Crippen molar-refractivity contribution in [3.8, 4) is 17.2 Å². The van der Waals surface area contributed by atoms with Crippen LogP contribution in [-0.4, -0.2) is 26.7 Å². The van der Waals surface area contributed by atoms with Gasteiger partial charge >= 0.3 is 0 Å². The Balaban J connectivity index is 2.00. The van der Waals surface area contributed by atoms with Gasteiger partial charge in [-0.3, -0.25) is 4.79 Å². The number of ether oxygens (including phenoxy) is 3.